The third kappa shape index (κ3) is 4.00. The van der Waals surface area contributed by atoms with Gasteiger partial charge in [0.1, 0.15) is 9.09 Å². The molecule has 3 N–H and O–H groups in total. The molecule has 0 amide bonds. The van der Waals surface area contributed by atoms with Gasteiger partial charge in [-0.1, -0.05) is 6.92 Å². The Kier molecular flexibility index (Phi) is 4.72. The highest BCUT2D eigenvalue weighted by Gasteiger charge is 2.25. The van der Waals surface area contributed by atoms with E-state index in [0.29, 0.717) is 23.3 Å². The Bertz CT molecular complexity index is 574. The summed E-state index contributed by atoms with van der Waals surface area (Å²) in [7, 11) is -3.79. The maximum atomic E-state index is 12.0. The van der Waals surface area contributed by atoms with Crippen molar-refractivity contribution >= 4 is 27.3 Å². The summed E-state index contributed by atoms with van der Waals surface area (Å²) in [4.78, 5) is 10.9. The van der Waals surface area contributed by atoms with Gasteiger partial charge in [-0.15, -0.1) is 11.3 Å². The van der Waals surface area contributed by atoms with Gasteiger partial charge < -0.3 is 10.2 Å². The average Bonchev–Trinajstić information content (AvgIpc) is 2.70. The van der Waals surface area contributed by atoms with E-state index in [1.807, 2.05) is 0 Å². The molecule has 0 bridgehead atoms. The number of carbonyl (C=O) groups is 1. The Balaban J connectivity index is 2.96. The van der Waals surface area contributed by atoms with Gasteiger partial charge in [0, 0.05) is 6.54 Å². The second-order valence-electron chi connectivity index (χ2n) is 4.56. The molecule has 1 aromatic heterocycles. The fourth-order valence-corrected chi connectivity index (χ4v) is 3.83. The van der Waals surface area contributed by atoms with Crippen molar-refractivity contribution in [3.05, 3.63) is 16.5 Å². The highest BCUT2D eigenvalue weighted by atomic mass is 32.2. The minimum absolute atomic E-state index is 0.00243. The van der Waals surface area contributed by atoms with Crippen LogP contribution in [0.1, 0.15) is 35.5 Å². The second-order valence-corrected chi connectivity index (χ2v) is 7.60. The number of aryl methyl sites for hydroxylation is 1. The summed E-state index contributed by atoms with van der Waals surface area (Å²) in [5, 5.41) is 18.7. The quantitative estimate of drug-likeness (QED) is 0.732. The first-order valence-corrected chi connectivity index (χ1v) is 7.95. The van der Waals surface area contributed by atoms with Gasteiger partial charge in [0.2, 0.25) is 10.0 Å². The minimum Gasteiger partial charge on any atom is -0.477 e. The zero-order chi connectivity index (χ0) is 14.8. The zero-order valence-corrected chi connectivity index (χ0v) is 12.6. The van der Waals surface area contributed by atoms with Crippen LogP contribution in [0.4, 0.5) is 0 Å². The average molecular weight is 307 g/mol. The number of thiophene rings is 1. The van der Waals surface area contributed by atoms with Crippen molar-refractivity contribution < 1.29 is 23.4 Å². The maximum absolute atomic E-state index is 12.0. The molecule has 8 heteroatoms. The Morgan fingerprint density at radius 1 is 1.53 bits per heavy atom. The molecule has 19 heavy (non-hydrogen) atoms. The van der Waals surface area contributed by atoms with Gasteiger partial charge in [-0.2, -0.15) is 0 Å². The number of aromatic carboxylic acids is 1. The lowest BCUT2D eigenvalue weighted by Gasteiger charge is -2.21. The maximum Gasteiger partial charge on any atom is 0.346 e. The molecule has 1 rings (SSSR count). The summed E-state index contributed by atoms with van der Waals surface area (Å²) in [5.74, 6) is -1.15. The predicted octanol–water partition coefficient (Wildman–Crippen LogP) is 1.19. The van der Waals surface area contributed by atoms with Crippen LogP contribution in [0.3, 0.4) is 0 Å². The van der Waals surface area contributed by atoms with Crippen LogP contribution in [0.25, 0.3) is 0 Å². The van der Waals surface area contributed by atoms with E-state index in [4.69, 9.17) is 5.11 Å². The van der Waals surface area contributed by atoms with Crippen LogP contribution >= 0.6 is 11.3 Å². The van der Waals surface area contributed by atoms with E-state index in [1.165, 1.54) is 13.0 Å². The van der Waals surface area contributed by atoms with Crippen LogP contribution in [0.15, 0.2) is 10.3 Å². The molecule has 0 aliphatic rings. The van der Waals surface area contributed by atoms with Crippen LogP contribution in [0, 0.1) is 6.92 Å². The highest BCUT2D eigenvalue weighted by Crippen LogP contribution is 2.26. The molecular weight excluding hydrogens is 290 g/mol. The molecule has 0 aromatic carbocycles. The molecule has 1 unspecified atom stereocenters. The van der Waals surface area contributed by atoms with Crippen LogP contribution in [0.2, 0.25) is 0 Å². The number of carboxylic acids is 1. The molecule has 0 spiro atoms. The standard InChI is InChI=1S/C11H17NO5S2/c1-4-11(3,15)6-12-19(16,17)8-5-7(2)9(18-8)10(13)14/h5,12,15H,4,6H2,1-3H3,(H,13,14). The molecule has 0 saturated heterocycles. The van der Waals surface area contributed by atoms with Crippen molar-refractivity contribution in [1.29, 1.82) is 0 Å². The van der Waals surface area contributed by atoms with Gasteiger partial charge in [0.05, 0.1) is 5.60 Å². The number of sulfonamides is 1. The van der Waals surface area contributed by atoms with Crippen LogP contribution in [-0.4, -0.2) is 36.7 Å². The normalized spacial score (nSPS) is 15.2. The van der Waals surface area contributed by atoms with Crippen LogP contribution in [0.5, 0.6) is 0 Å². The SMILES string of the molecule is CCC(C)(O)CNS(=O)(=O)c1cc(C)c(C(=O)O)s1. The predicted molar refractivity (Wildman–Crippen MR) is 72.1 cm³/mol. The van der Waals surface area contributed by atoms with Gasteiger partial charge >= 0.3 is 5.97 Å². The molecule has 1 atom stereocenters. The van der Waals surface area contributed by atoms with E-state index >= 15 is 0 Å². The van der Waals surface area contributed by atoms with E-state index in [-0.39, 0.29) is 15.6 Å². The monoisotopic (exact) mass is 307 g/mol. The summed E-state index contributed by atoms with van der Waals surface area (Å²) in [6.07, 6.45) is 0.402. The first-order valence-electron chi connectivity index (χ1n) is 5.65. The molecule has 1 heterocycles. The van der Waals surface area contributed by atoms with Crippen molar-refractivity contribution in [2.24, 2.45) is 0 Å². The molecule has 0 saturated carbocycles. The number of hydrogen-bond donors (Lipinski definition) is 3. The molecular formula is C11H17NO5S2. The first-order chi connectivity index (χ1) is 8.59. The third-order valence-corrected chi connectivity index (χ3v) is 5.86. The second kappa shape index (κ2) is 5.58. The lowest BCUT2D eigenvalue weighted by Crippen LogP contribution is -2.39. The highest BCUT2D eigenvalue weighted by molar-refractivity contribution is 7.91. The van der Waals surface area contributed by atoms with E-state index in [0.717, 1.165) is 0 Å². The smallest absolute Gasteiger partial charge is 0.346 e. The Morgan fingerprint density at radius 2 is 2.11 bits per heavy atom. The number of carboxylic acid groups (broad SMARTS) is 1. The summed E-state index contributed by atoms with van der Waals surface area (Å²) in [5.41, 5.74) is -0.727. The summed E-state index contributed by atoms with van der Waals surface area (Å²) in [6, 6.07) is 1.32. The van der Waals surface area contributed by atoms with Gasteiger partial charge in [0.15, 0.2) is 0 Å². The molecule has 6 nitrogen and oxygen atoms in total. The Morgan fingerprint density at radius 3 is 2.53 bits per heavy atom. The Labute approximate surface area is 116 Å². The molecule has 0 radical (unpaired) electrons. The first kappa shape index (κ1) is 16.1. The van der Waals surface area contributed by atoms with E-state index in [9.17, 15) is 18.3 Å². The van der Waals surface area contributed by atoms with Crippen LogP contribution in [-0.2, 0) is 10.0 Å². The summed E-state index contributed by atoms with van der Waals surface area (Å²) in [6.45, 7) is 4.69. The van der Waals surface area contributed by atoms with Gasteiger partial charge in [-0.25, -0.2) is 17.9 Å². The van der Waals surface area contributed by atoms with Crippen molar-refractivity contribution in [2.75, 3.05) is 6.54 Å². The number of hydrogen-bond acceptors (Lipinski definition) is 5. The molecule has 108 valence electrons. The van der Waals surface area contributed by atoms with Crippen molar-refractivity contribution in [3.8, 4) is 0 Å². The van der Waals surface area contributed by atoms with Crippen LogP contribution < -0.4 is 4.72 Å². The lowest BCUT2D eigenvalue weighted by molar-refractivity contribution is 0.0613. The third-order valence-electron chi connectivity index (χ3n) is 2.76. The molecule has 0 aliphatic carbocycles. The molecule has 1 aromatic rings. The molecule has 0 aliphatic heterocycles. The lowest BCUT2D eigenvalue weighted by atomic mass is 10.1. The fourth-order valence-electron chi connectivity index (χ4n) is 1.24. The van der Waals surface area contributed by atoms with Crippen molar-refractivity contribution in [2.45, 2.75) is 37.0 Å². The van der Waals surface area contributed by atoms with Gasteiger partial charge in [0.25, 0.3) is 0 Å². The number of rotatable bonds is 6. The van der Waals surface area contributed by atoms with E-state index < -0.39 is 21.6 Å². The molecule has 0 fully saturated rings. The fraction of sp³-hybridized carbons (Fsp3) is 0.545. The van der Waals surface area contributed by atoms with E-state index in [1.54, 1.807) is 13.8 Å². The minimum atomic E-state index is -3.79. The van der Waals surface area contributed by atoms with E-state index in [2.05, 4.69) is 4.72 Å². The number of nitrogens with one attached hydrogen (secondary N) is 1. The topological polar surface area (TPSA) is 104 Å². The van der Waals surface area contributed by atoms with Crippen molar-refractivity contribution in [3.63, 3.8) is 0 Å². The largest absolute Gasteiger partial charge is 0.477 e. The van der Waals surface area contributed by atoms with Crippen molar-refractivity contribution in [1.82, 2.24) is 4.72 Å². The van der Waals surface area contributed by atoms with Gasteiger partial charge in [-0.3, -0.25) is 0 Å². The number of aliphatic hydroxyl groups is 1. The van der Waals surface area contributed by atoms with Gasteiger partial charge in [-0.05, 0) is 31.9 Å². The Hall–Kier alpha value is -0.960. The summed E-state index contributed by atoms with van der Waals surface area (Å²) >= 11 is 0.701. The summed E-state index contributed by atoms with van der Waals surface area (Å²) < 4.78 is 26.2. The zero-order valence-electron chi connectivity index (χ0n) is 10.9.